The summed E-state index contributed by atoms with van der Waals surface area (Å²) in [5.74, 6) is 2.86. The lowest BCUT2D eigenvalue weighted by atomic mass is 9.90. The topological polar surface area (TPSA) is 54.4 Å². The highest BCUT2D eigenvalue weighted by Crippen LogP contribution is 2.34. The molecule has 0 atom stereocenters. The van der Waals surface area contributed by atoms with Crippen LogP contribution in [0.4, 0.5) is 5.69 Å². The van der Waals surface area contributed by atoms with Crippen LogP contribution in [-0.4, -0.2) is 56.9 Å². The summed E-state index contributed by atoms with van der Waals surface area (Å²) in [7, 11) is 3.35. The predicted octanol–water partition coefficient (Wildman–Crippen LogP) is 3.03. The molecular formula is C21H27N3O3. The minimum Gasteiger partial charge on any atom is -0.497 e. The SMILES string of the molecule is COc1ccc(N2CCN(C3=NC4=C(CCCC4)C(=O)C3)CC2)c(OC)c1. The van der Waals surface area contributed by atoms with Crippen molar-refractivity contribution in [1.82, 2.24) is 4.90 Å². The third-order valence-electron chi connectivity index (χ3n) is 5.73. The van der Waals surface area contributed by atoms with Gasteiger partial charge in [-0.25, -0.2) is 4.99 Å². The number of carbonyl (C=O) groups is 1. The van der Waals surface area contributed by atoms with Gasteiger partial charge in [0.2, 0.25) is 0 Å². The lowest BCUT2D eigenvalue weighted by Crippen LogP contribution is -2.49. The Morgan fingerprint density at radius 2 is 1.70 bits per heavy atom. The Balaban J connectivity index is 1.46. The summed E-state index contributed by atoms with van der Waals surface area (Å²) in [6.07, 6.45) is 4.60. The number of amidine groups is 1. The number of anilines is 1. The normalized spacial score (nSPS) is 20.4. The van der Waals surface area contributed by atoms with E-state index < -0.39 is 0 Å². The molecular weight excluding hydrogens is 342 g/mol. The lowest BCUT2D eigenvalue weighted by molar-refractivity contribution is -0.115. The molecule has 2 aliphatic heterocycles. The number of hydrogen-bond acceptors (Lipinski definition) is 6. The van der Waals surface area contributed by atoms with Crippen molar-refractivity contribution in [2.45, 2.75) is 32.1 Å². The van der Waals surface area contributed by atoms with Crippen LogP contribution in [-0.2, 0) is 4.79 Å². The molecule has 0 saturated carbocycles. The molecule has 144 valence electrons. The van der Waals surface area contributed by atoms with Crippen LogP contribution in [0.5, 0.6) is 11.5 Å². The Morgan fingerprint density at radius 3 is 2.44 bits per heavy atom. The minimum atomic E-state index is 0.286. The van der Waals surface area contributed by atoms with Gasteiger partial charge in [0.1, 0.15) is 17.3 Å². The monoisotopic (exact) mass is 369 g/mol. The summed E-state index contributed by atoms with van der Waals surface area (Å²) in [5.41, 5.74) is 3.12. The van der Waals surface area contributed by atoms with Crippen molar-refractivity contribution in [3.05, 3.63) is 29.5 Å². The fourth-order valence-corrected chi connectivity index (χ4v) is 4.19. The summed E-state index contributed by atoms with van der Waals surface area (Å²) in [6, 6.07) is 5.93. The number of benzene rings is 1. The number of rotatable bonds is 3. The van der Waals surface area contributed by atoms with Gasteiger partial charge >= 0.3 is 0 Å². The van der Waals surface area contributed by atoms with Gasteiger partial charge in [0.15, 0.2) is 5.78 Å². The number of nitrogens with zero attached hydrogens (tertiary/aromatic N) is 3. The van der Waals surface area contributed by atoms with E-state index in [1.54, 1.807) is 14.2 Å². The van der Waals surface area contributed by atoms with Gasteiger partial charge in [-0.15, -0.1) is 0 Å². The second-order valence-corrected chi connectivity index (χ2v) is 7.27. The molecule has 1 fully saturated rings. The molecule has 4 rings (SSSR count). The first-order valence-corrected chi connectivity index (χ1v) is 9.74. The first-order valence-electron chi connectivity index (χ1n) is 9.74. The van der Waals surface area contributed by atoms with Crippen molar-refractivity contribution < 1.29 is 14.3 Å². The Morgan fingerprint density at radius 1 is 0.963 bits per heavy atom. The third kappa shape index (κ3) is 3.53. The van der Waals surface area contributed by atoms with E-state index in [0.717, 1.165) is 86.2 Å². The number of aliphatic imine (C=N–C) groups is 1. The van der Waals surface area contributed by atoms with Crippen LogP contribution in [0, 0.1) is 0 Å². The van der Waals surface area contributed by atoms with E-state index in [4.69, 9.17) is 14.5 Å². The molecule has 0 bridgehead atoms. The first-order chi connectivity index (χ1) is 13.2. The average Bonchev–Trinajstić information content (AvgIpc) is 2.73. The number of ether oxygens (including phenoxy) is 2. The zero-order valence-corrected chi connectivity index (χ0v) is 16.2. The smallest absolute Gasteiger partial charge is 0.168 e. The molecule has 6 nitrogen and oxygen atoms in total. The molecule has 1 saturated heterocycles. The molecule has 1 aliphatic carbocycles. The van der Waals surface area contributed by atoms with E-state index >= 15 is 0 Å². The standard InChI is InChI=1S/C21H27N3O3/c1-26-15-7-8-18(20(13-15)27-2)23-9-11-24(12-10-23)21-14-19(25)16-5-3-4-6-17(16)22-21/h7-8,13H,3-6,9-12,14H2,1-2H3. The molecule has 6 heteroatoms. The van der Waals surface area contributed by atoms with Crippen LogP contribution in [0.15, 0.2) is 34.5 Å². The van der Waals surface area contributed by atoms with Gasteiger partial charge in [0.05, 0.1) is 26.3 Å². The number of methoxy groups -OCH3 is 2. The van der Waals surface area contributed by atoms with Crippen molar-refractivity contribution in [2.24, 2.45) is 4.99 Å². The largest absolute Gasteiger partial charge is 0.497 e. The molecule has 3 aliphatic rings. The second-order valence-electron chi connectivity index (χ2n) is 7.27. The van der Waals surface area contributed by atoms with Crippen LogP contribution >= 0.6 is 0 Å². The quantitative estimate of drug-likeness (QED) is 0.820. The van der Waals surface area contributed by atoms with Crippen LogP contribution in [0.2, 0.25) is 0 Å². The van der Waals surface area contributed by atoms with Crippen molar-refractivity contribution in [2.75, 3.05) is 45.3 Å². The Bertz CT molecular complexity index is 792. The molecule has 0 spiro atoms. The Kier molecular flexibility index (Phi) is 5.05. The zero-order chi connectivity index (χ0) is 18.8. The van der Waals surface area contributed by atoms with E-state index in [1.165, 1.54) is 0 Å². The van der Waals surface area contributed by atoms with Gasteiger partial charge in [0.25, 0.3) is 0 Å². The fourth-order valence-electron chi connectivity index (χ4n) is 4.19. The Hall–Kier alpha value is -2.50. The molecule has 0 N–H and O–H groups in total. The van der Waals surface area contributed by atoms with E-state index in [0.29, 0.717) is 6.42 Å². The highest BCUT2D eigenvalue weighted by Gasteiger charge is 2.29. The summed E-state index contributed by atoms with van der Waals surface area (Å²) in [4.78, 5) is 22.0. The van der Waals surface area contributed by atoms with Gasteiger partial charge in [-0.3, -0.25) is 4.79 Å². The van der Waals surface area contributed by atoms with E-state index in [9.17, 15) is 4.79 Å². The fraction of sp³-hybridized carbons (Fsp3) is 0.524. The van der Waals surface area contributed by atoms with Gasteiger partial charge in [-0.2, -0.15) is 0 Å². The van der Waals surface area contributed by atoms with Crippen molar-refractivity contribution in [3.63, 3.8) is 0 Å². The maximum Gasteiger partial charge on any atom is 0.168 e. The molecule has 27 heavy (non-hydrogen) atoms. The van der Waals surface area contributed by atoms with Crippen LogP contribution < -0.4 is 14.4 Å². The zero-order valence-electron chi connectivity index (χ0n) is 16.2. The van der Waals surface area contributed by atoms with E-state index in [1.807, 2.05) is 18.2 Å². The molecule has 0 unspecified atom stereocenters. The molecule has 2 heterocycles. The minimum absolute atomic E-state index is 0.286. The van der Waals surface area contributed by atoms with E-state index in [-0.39, 0.29) is 5.78 Å². The summed E-state index contributed by atoms with van der Waals surface area (Å²) in [5, 5.41) is 0. The molecule has 0 aromatic heterocycles. The molecule has 1 aromatic rings. The van der Waals surface area contributed by atoms with E-state index in [2.05, 4.69) is 9.80 Å². The van der Waals surface area contributed by atoms with Crippen LogP contribution in [0.3, 0.4) is 0 Å². The molecule has 1 aromatic carbocycles. The summed E-state index contributed by atoms with van der Waals surface area (Å²) < 4.78 is 10.8. The molecule has 0 amide bonds. The number of piperazine rings is 1. The van der Waals surface area contributed by atoms with Crippen LogP contribution in [0.1, 0.15) is 32.1 Å². The highest BCUT2D eigenvalue weighted by atomic mass is 16.5. The number of allylic oxidation sites excluding steroid dienone is 2. The van der Waals surface area contributed by atoms with Gasteiger partial charge < -0.3 is 19.3 Å². The van der Waals surface area contributed by atoms with Crippen LogP contribution in [0.25, 0.3) is 0 Å². The second kappa shape index (κ2) is 7.62. The summed E-state index contributed by atoms with van der Waals surface area (Å²) >= 11 is 0. The van der Waals surface area contributed by atoms with Gasteiger partial charge in [-0.05, 0) is 37.8 Å². The lowest BCUT2D eigenvalue weighted by Gasteiger charge is -2.39. The number of ketones is 1. The molecule has 0 radical (unpaired) electrons. The maximum atomic E-state index is 12.5. The van der Waals surface area contributed by atoms with Gasteiger partial charge in [-0.1, -0.05) is 0 Å². The first kappa shape index (κ1) is 17.9. The number of Topliss-reactive ketones (excluding diaryl/α,β-unsaturated/α-hetero) is 1. The predicted molar refractivity (Wildman–Crippen MR) is 106 cm³/mol. The van der Waals surface area contributed by atoms with Crippen molar-refractivity contribution in [1.29, 1.82) is 0 Å². The number of hydrogen-bond donors (Lipinski definition) is 0. The van der Waals surface area contributed by atoms with Crippen molar-refractivity contribution >= 4 is 17.3 Å². The maximum absolute atomic E-state index is 12.5. The average molecular weight is 369 g/mol. The number of carbonyl (C=O) groups excluding carboxylic acids is 1. The third-order valence-corrected chi connectivity index (χ3v) is 5.73. The van der Waals surface area contributed by atoms with Gasteiger partial charge in [0, 0.05) is 43.5 Å². The highest BCUT2D eigenvalue weighted by molar-refractivity contribution is 6.11. The Labute approximate surface area is 160 Å². The summed E-state index contributed by atoms with van der Waals surface area (Å²) in [6.45, 7) is 3.48. The van der Waals surface area contributed by atoms with Crippen molar-refractivity contribution in [3.8, 4) is 11.5 Å².